The quantitative estimate of drug-likeness (QED) is 0.794. The molecule has 3 heterocycles. The molecule has 112 valence electrons. The van der Waals surface area contributed by atoms with Gasteiger partial charge in [0.25, 0.3) is 6.17 Å². The fourth-order valence-electron chi connectivity index (χ4n) is 2.58. The molecule has 0 aliphatic carbocycles. The maximum Gasteiger partial charge on any atom is 0.409 e. The molecule has 0 saturated heterocycles. The molecule has 1 aromatic carbocycles. The van der Waals surface area contributed by atoms with E-state index in [0.717, 1.165) is 31.7 Å². The summed E-state index contributed by atoms with van der Waals surface area (Å²) in [5.41, 5.74) is 1.02. The van der Waals surface area contributed by atoms with Gasteiger partial charge in [-0.3, -0.25) is 0 Å². The Morgan fingerprint density at radius 1 is 1.27 bits per heavy atom. The van der Waals surface area contributed by atoms with Gasteiger partial charge in [0.15, 0.2) is 0 Å². The number of thioether (sulfide) groups is 1. The Balaban J connectivity index is 1.93. The number of aryl methyl sites for hydroxylation is 1. The number of amidine groups is 1. The number of nitrogens with zero attached hydrogens (tertiary/aromatic N) is 5. The molecule has 0 radical (unpaired) electrons. The van der Waals surface area contributed by atoms with Crippen molar-refractivity contribution in [2.75, 3.05) is 7.11 Å². The minimum Gasteiger partial charge on any atom is -0.496 e. The summed E-state index contributed by atoms with van der Waals surface area (Å²) in [6.45, 7) is 3.98. The third-order valence-corrected chi connectivity index (χ3v) is 5.11. The van der Waals surface area contributed by atoms with E-state index in [1.807, 2.05) is 47.8 Å². The molecule has 0 bridgehead atoms. The number of methoxy groups -OCH3 is 1. The normalized spacial score (nSPS) is 19.4. The van der Waals surface area contributed by atoms with Crippen molar-refractivity contribution < 1.29 is 9.42 Å². The molecule has 22 heavy (non-hydrogen) atoms. The molecule has 2 aliphatic heterocycles. The number of ether oxygens (including phenoxy) is 1. The SMILES string of the molecule is COc1ccccc1C1N2N=C(C)SC2=Nc2sc(C)n[n+]21. The van der Waals surface area contributed by atoms with Crippen molar-refractivity contribution in [1.29, 1.82) is 0 Å². The van der Waals surface area contributed by atoms with Crippen LogP contribution in [0.2, 0.25) is 0 Å². The number of hydrogen-bond acceptors (Lipinski definition) is 7. The molecule has 0 spiro atoms. The first-order chi connectivity index (χ1) is 10.7. The van der Waals surface area contributed by atoms with Crippen LogP contribution in [-0.4, -0.2) is 27.4 Å². The Morgan fingerprint density at radius 3 is 2.91 bits per heavy atom. The first-order valence-electron chi connectivity index (χ1n) is 6.80. The number of aromatic nitrogens is 2. The second-order valence-corrected chi connectivity index (χ2v) is 7.24. The van der Waals surface area contributed by atoms with E-state index in [-0.39, 0.29) is 6.17 Å². The second-order valence-electron chi connectivity index (χ2n) is 4.92. The lowest BCUT2D eigenvalue weighted by Crippen LogP contribution is -2.52. The van der Waals surface area contributed by atoms with E-state index in [0.29, 0.717) is 0 Å². The van der Waals surface area contributed by atoms with Crippen LogP contribution in [0.5, 0.6) is 5.75 Å². The van der Waals surface area contributed by atoms with Crippen molar-refractivity contribution in [3.05, 3.63) is 34.8 Å². The fraction of sp³-hybridized carbons (Fsp3) is 0.286. The van der Waals surface area contributed by atoms with Crippen LogP contribution in [-0.2, 0) is 0 Å². The Labute approximate surface area is 136 Å². The van der Waals surface area contributed by atoms with Crippen LogP contribution >= 0.6 is 23.1 Å². The van der Waals surface area contributed by atoms with Gasteiger partial charge >= 0.3 is 10.3 Å². The van der Waals surface area contributed by atoms with E-state index in [1.165, 1.54) is 0 Å². The molecule has 4 rings (SSSR count). The van der Waals surface area contributed by atoms with Gasteiger partial charge in [-0.25, -0.2) is 0 Å². The van der Waals surface area contributed by atoms with Crippen molar-refractivity contribution >= 4 is 38.4 Å². The zero-order valence-electron chi connectivity index (χ0n) is 12.3. The number of benzene rings is 1. The average molecular weight is 332 g/mol. The van der Waals surface area contributed by atoms with E-state index in [9.17, 15) is 0 Å². The van der Waals surface area contributed by atoms with Crippen LogP contribution in [0.3, 0.4) is 0 Å². The molecule has 1 atom stereocenters. The first-order valence-corrected chi connectivity index (χ1v) is 8.44. The standard InChI is InChI=1S/C14H14N5OS2/c1-8-16-18-12(10-6-4-5-7-11(10)20-3)19-14(15-13(18)21-8)22-9(2)17-19/h4-7,12H,1-3H3/q+1. The van der Waals surface area contributed by atoms with Gasteiger partial charge in [-0.15, -0.1) is 0 Å². The van der Waals surface area contributed by atoms with Crippen LogP contribution in [0.1, 0.15) is 23.7 Å². The van der Waals surface area contributed by atoms with E-state index in [1.54, 1.807) is 30.2 Å². The van der Waals surface area contributed by atoms with E-state index in [2.05, 4.69) is 15.2 Å². The molecule has 0 fully saturated rings. The Kier molecular flexibility index (Phi) is 3.16. The molecule has 2 aromatic rings. The molecule has 0 amide bonds. The molecule has 1 unspecified atom stereocenters. The molecular formula is C14H14N5OS2+. The summed E-state index contributed by atoms with van der Waals surface area (Å²) in [6, 6.07) is 7.97. The van der Waals surface area contributed by atoms with Crippen LogP contribution < -0.4 is 9.42 Å². The zero-order chi connectivity index (χ0) is 15.3. The van der Waals surface area contributed by atoms with Gasteiger partial charge in [0, 0.05) is 4.99 Å². The van der Waals surface area contributed by atoms with Gasteiger partial charge in [0.2, 0.25) is 0 Å². The van der Waals surface area contributed by atoms with E-state index < -0.39 is 0 Å². The summed E-state index contributed by atoms with van der Waals surface area (Å²) < 4.78 is 7.46. The number of fused-ring (bicyclic) bond motifs is 2. The predicted molar refractivity (Wildman–Crippen MR) is 87.8 cm³/mol. The number of rotatable bonds is 2. The number of aliphatic imine (C=N–C) groups is 1. The van der Waals surface area contributed by atoms with Gasteiger partial charge in [-0.05, 0) is 49.1 Å². The van der Waals surface area contributed by atoms with Crippen molar-refractivity contribution in [3.63, 3.8) is 0 Å². The summed E-state index contributed by atoms with van der Waals surface area (Å²) >= 11 is 3.17. The lowest BCUT2D eigenvalue weighted by molar-refractivity contribution is -0.770. The van der Waals surface area contributed by atoms with Gasteiger partial charge in [0.05, 0.1) is 12.7 Å². The van der Waals surface area contributed by atoms with Crippen LogP contribution in [0.15, 0.2) is 34.4 Å². The molecular weight excluding hydrogens is 318 g/mol. The average Bonchev–Trinajstić information content (AvgIpc) is 3.05. The predicted octanol–water partition coefficient (Wildman–Crippen LogP) is 2.68. The summed E-state index contributed by atoms with van der Waals surface area (Å²) in [7, 11) is 1.68. The first kappa shape index (κ1) is 13.7. The van der Waals surface area contributed by atoms with Crippen molar-refractivity contribution in [1.82, 2.24) is 10.1 Å². The van der Waals surface area contributed by atoms with Gasteiger partial charge in [-0.1, -0.05) is 21.9 Å². The number of para-hydroxylation sites is 1. The van der Waals surface area contributed by atoms with Gasteiger partial charge in [-0.2, -0.15) is 10.1 Å². The van der Waals surface area contributed by atoms with E-state index in [4.69, 9.17) is 4.74 Å². The highest BCUT2D eigenvalue weighted by Gasteiger charge is 2.45. The highest BCUT2D eigenvalue weighted by molar-refractivity contribution is 8.26. The molecule has 8 heteroatoms. The Hall–Kier alpha value is -1.93. The van der Waals surface area contributed by atoms with E-state index >= 15 is 0 Å². The van der Waals surface area contributed by atoms with Crippen LogP contribution in [0, 0.1) is 6.92 Å². The number of hydrazone groups is 1. The second kappa shape index (κ2) is 5.06. The van der Waals surface area contributed by atoms with Crippen molar-refractivity contribution in [2.24, 2.45) is 10.1 Å². The Bertz CT molecular complexity index is 813. The largest absolute Gasteiger partial charge is 0.496 e. The van der Waals surface area contributed by atoms with Gasteiger partial charge in [0.1, 0.15) is 15.8 Å². The maximum atomic E-state index is 5.54. The maximum absolute atomic E-state index is 5.54. The minimum absolute atomic E-state index is 0.173. The summed E-state index contributed by atoms with van der Waals surface area (Å²) in [5, 5.41) is 14.9. The molecule has 1 aromatic heterocycles. The number of hydrogen-bond donors (Lipinski definition) is 0. The topological polar surface area (TPSA) is 54.0 Å². The third kappa shape index (κ3) is 2.02. The monoisotopic (exact) mass is 332 g/mol. The summed E-state index contributed by atoms with van der Waals surface area (Å²) in [6.07, 6.45) is -0.173. The fourth-order valence-corrected chi connectivity index (χ4v) is 4.16. The highest BCUT2D eigenvalue weighted by atomic mass is 32.2. The minimum atomic E-state index is -0.173. The molecule has 6 nitrogen and oxygen atoms in total. The molecule has 0 saturated carbocycles. The lowest BCUT2D eigenvalue weighted by atomic mass is 10.1. The summed E-state index contributed by atoms with van der Waals surface area (Å²) in [5.74, 6) is 0.822. The van der Waals surface area contributed by atoms with Crippen molar-refractivity contribution in [2.45, 2.75) is 20.0 Å². The highest BCUT2D eigenvalue weighted by Crippen LogP contribution is 2.38. The smallest absolute Gasteiger partial charge is 0.409 e. The summed E-state index contributed by atoms with van der Waals surface area (Å²) in [4.78, 5) is 4.68. The van der Waals surface area contributed by atoms with Crippen LogP contribution in [0.25, 0.3) is 0 Å². The third-order valence-electron chi connectivity index (χ3n) is 3.44. The molecule has 2 aliphatic rings. The van der Waals surface area contributed by atoms with Crippen molar-refractivity contribution in [3.8, 4) is 5.75 Å². The van der Waals surface area contributed by atoms with Gasteiger partial charge < -0.3 is 4.74 Å². The van der Waals surface area contributed by atoms with Crippen LogP contribution in [0.4, 0.5) is 5.13 Å². The molecule has 0 N–H and O–H groups in total. The zero-order valence-corrected chi connectivity index (χ0v) is 14.0. The Morgan fingerprint density at radius 2 is 2.09 bits per heavy atom. The lowest BCUT2D eigenvalue weighted by Gasteiger charge is -2.24.